The van der Waals surface area contributed by atoms with Gasteiger partial charge in [0.2, 0.25) is 0 Å². The normalized spacial score (nSPS) is 20.1. The smallest absolute Gasteiger partial charge is 0.269 e. The minimum Gasteiger partial charge on any atom is -0.351 e. The number of imidazole rings is 1. The molecular formula is C26H33ClN6O2. The Morgan fingerprint density at radius 3 is 2.43 bits per heavy atom. The van der Waals surface area contributed by atoms with Crippen LogP contribution in [0, 0.1) is 11.8 Å². The third kappa shape index (κ3) is 4.82. The van der Waals surface area contributed by atoms with Crippen LogP contribution in [0.1, 0.15) is 43.1 Å². The number of nitrogens with zero attached hydrogens (tertiary/aromatic N) is 4. The van der Waals surface area contributed by atoms with Gasteiger partial charge in [-0.2, -0.15) is 0 Å². The molecule has 1 aromatic carbocycles. The fraction of sp³-hybridized carbons (Fsp3) is 0.500. The summed E-state index contributed by atoms with van der Waals surface area (Å²) in [7, 11) is 2.19. The van der Waals surface area contributed by atoms with Gasteiger partial charge >= 0.3 is 0 Å². The Morgan fingerprint density at radius 2 is 1.77 bits per heavy atom. The molecule has 0 radical (unpaired) electrons. The van der Waals surface area contributed by atoms with Crippen molar-refractivity contribution in [2.45, 2.75) is 38.3 Å². The number of amides is 2. The SMILES string of the molecule is CN1CCC(C2CCN(C(=O)[C@@](C)(NC(=O)c3cc4cc(Cl)ccc4[nH]3)n3ccnc3)CC2)CC1. The van der Waals surface area contributed by atoms with Crippen LogP contribution in [0.2, 0.25) is 5.02 Å². The highest BCUT2D eigenvalue weighted by atomic mass is 35.5. The molecule has 2 saturated heterocycles. The summed E-state index contributed by atoms with van der Waals surface area (Å²) in [4.78, 5) is 38.7. The molecule has 8 nitrogen and oxygen atoms in total. The van der Waals surface area contributed by atoms with Crippen molar-refractivity contribution >= 4 is 34.3 Å². The van der Waals surface area contributed by atoms with Gasteiger partial charge < -0.3 is 24.7 Å². The van der Waals surface area contributed by atoms with Crippen LogP contribution in [-0.4, -0.2) is 69.4 Å². The molecule has 2 aliphatic heterocycles. The van der Waals surface area contributed by atoms with Crippen molar-refractivity contribution in [1.29, 1.82) is 0 Å². The monoisotopic (exact) mass is 496 g/mol. The highest BCUT2D eigenvalue weighted by molar-refractivity contribution is 6.31. The van der Waals surface area contributed by atoms with Crippen molar-refractivity contribution in [3.8, 4) is 0 Å². The highest BCUT2D eigenvalue weighted by Crippen LogP contribution is 2.33. The second-order valence-corrected chi connectivity index (χ2v) is 10.6. The molecule has 5 rings (SSSR count). The zero-order valence-corrected chi connectivity index (χ0v) is 21.1. The molecule has 0 saturated carbocycles. The molecule has 2 N–H and O–H groups in total. The summed E-state index contributed by atoms with van der Waals surface area (Å²) in [5, 5.41) is 4.43. The van der Waals surface area contributed by atoms with Crippen LogP contribution in [0.3, 0.4) is 0 Å². The van der Waals surface area contributed by atoms with Crippen molar-refractivity contribution in [3.05, 3.63) is 53.7 Å². The van der Waals surface area contributed by atoms with Gasteiger partial charge in [0.25, 0.3) is 11.8 Å². The largest absolute Gasteiger partial charge is 0.351 e. The van der Waals surface area contributed by atoms with E-state index in [1.165, 1.54) is 12.8 Å². The van der Waals surface area contributed by atoms with E-state index in [-0.39, 0.29) is 11.8 Å². The second kappa shape index (κ2) is 9.66. The summed E-state index contributed by atoms with van der Waals surface area (Å²) in [6.07, 6.45) is 9.42. The Kier molecular flexibility index (Phi) is 6.59. The van der Waals surface area contributed by atoms with E-state index in [0.717, 1.165) is 42.8 Å². The fourth-order valence-electron chi connectivity index (χ4n) is 5.65. The molecule has 2 aliphatic rings. The minimum atomic E-state index is -1.29. The van der Waals surface area contributed by atoms with Crippen LogP contribution in [0.4, 0.5) is 0 Å². The molecule has 2 amide bonds. The van der Waals surface area contributed by atoms with Gasteiger partial charge in [0.1, 0.15) is 5.69 Å². The van der Waals surface area contributed by atoms with Crippen LogP contribution in [0.5, 0.6) is 0 Å². The zero-order valence-electron chi connectivity index (χ0n) is 20.3. The Hall–Kier alpha value is -2.84. The molecule has 186 valence electrons. The third-order valence-corrected chi connectivity index (χ3v) is 8.11. The maximum atomic E-state index is 13.9. The van der Waals surface area contributed by atoms with Gasteiger partial charge in [0, 0.05) is 41.4 Å². The number of nitrogens with one attached hydrogen (secondary N) is 2. The average Bonchev–Trinajstić information content (AvgIpc) is 3.55. The van der Waals surface area contributed by atoms with Gasteiger partial charge in [0.15, 0.2) is 5.66 Å². The van der Waals surface area contributed by atoms with Crippen molar-refractivity contribution in [2.75, 3.05) is 33.2 Å². The van der Waals surface area contributed by atoms with Gasteiger partial charge in [-0.15, -0.1) is 0 Å². The molecule has 0 aliphatic carbocycles. The summed E-state index contributed by atoms with van der Waals surface area (Å²) in [5.41, 5.74) is -0.100. The minimum absolute atomic E-state index is 0.121. The molecule has 9 heteroatoms. The lowest BCUT2D eigenvalue weighted by molar-refractivity contribution is -0.143. The quantitative estimate of drug-likeness (QED) is 0.564. The van der Waals surface area contributed by atoms with Crippen molar-refractivity contribution < 1.29 is 9.59 Å². The lowest BCUT2D eigenvalue weighted by Crippen LogP contribution is -2.60. The van der Waals surface area contributed by atoms with Crippen molar-refractivity contribution in [1.82, 2.24) is 29.7 Å². The number of aromatic nitrogens is 3. The van der Waals surface area contributed by atoms with Gasteiger partial charge in [0.05, 0.1) is 6.33 Å². The Bertz CT molecular complexity index is 1190. The fourth-order valence-corrected chi connectivity index (χ4v) is 5.83. The number of aromatic amines is 1. The number of hydrogen-bond donors (Lipinski definition) is 2. The molecule has 4 heterocycles. The van der Waals surface area contributed by atoms with Crippen LogP contribution < -0.4 is 5.32 Å². The molecule has 0 unspecified atom stereocenters. The Balaban J connectivity index is 1.31. The van der Waals surface area contributed by atoms with Crippen LogP contribution in [0.15, 0.2) is 43.0 Å². The predicted octanol–water partition coefficient (Wildman–Crippen LogP) is 3.70. The maximum Gasteiger partial charge on any atom is 0.269 e. The van der Waals surface area contributed by atoms with Crippen LogP contribution >= 0.6 is 11.6 Å². The van der Waals surface area contributed by atoms with E-state index in [2.05, 4.69) is 27.2 Å². The molecular weight excluding hydrogens is 464 g/mol. The Morgan fingerprint density at radius 1 is 1.09 bits per heavy atom. The van der Waals surface area contributed by atoms with Crippen molar-refractivity contribution in [2.24, 2.45) is 11.8 Å². The number of H-pyrrole nitrogens is 1. The number of benzene rings is 1. The first kappa shape index (κ1) is 23.9. The number of carbonyl (C=O) groups is 2. The molecule has 2 fully saturated rings. The molecule has 3 aromatic rings. The first-order valence-corrected chi connectivity index (χ1v) is 12.8. The Labute approximate surface area is 210 Å². The highest BCUT2D eigenvalue weighted by Gasteiger charge is 2.42. The number of halogens is 1. The van der Waals surface area contributed by atoms with E-state index in [0.29, 0.717) is 29.7 Å². The number of piperidine rings is 2. The van der Waals surface area contributed by atoms with Gasteiger partial charge in [-0.3, -0.25) is 9.59 Å². The zero-order chi connectivity index (χ0) is 24.6. The van der Waals surface area contributed by atoms with E-state index in [4.69, 9.17) is 11.6 Å². The lowest BCUT2D eigenvalue weighted by atomic mass is 9.79. The molecule has 1 atom stereocenters. The van der Waals surface area contributed by atoms with Crippen molar-refractivity contribution in [3.63, 3.8) is 0 Å². The van der Waals surface area contributed by atoms with Gasteiger partial charge in [-0.25, -0.2) is 4.98 Å². The third-order valence-electron chi connectivity index (χ3n) is 7.88. The van der Waals surface area contributed by atoms with Gasteiger partial charge in [-0.05, 0) is 88.8 Å². The van der Waals surface area contributed by atoms with Crippen LogP contribution in [-0.2, 0) is 10.5 Å². The van der Waals surface area contributed by atoms with E-state index < -0.39 is 5.66 Å². The molecule has 0 spiro atoms. The van der Waals surface area contributed by atoms with Gasteiger partial charge in [-0.1, -0.05) is 11.6 Å². The maximum absolute atomic E-state index is 13.9. The standard InChI is InChI=1S/C26H33ClN6O2/c1-26(33-14-9-28-17-33,30-24(34)23-16-20-15-21(27)3-4-22(20)29-23)25(35)32-12-7-19(8-13-32)18-5-10-31(2)11-6-18/h3-4,9,14-19,29H,5-8,10-13H2,1-2H3,(H,30,34)/t26-/m0/s1. The number of hydrogen-bond acceptors (Lipinski definition) is 4. The van der Waals surface area contributed by atoms with E-state index >= 15 is 0 Å². The number of rotatable bonds is 5. The lowest BCUT2D eigenvalue weighted by Gasteiger charge is -2.42. The summed E-state index contributed by atoms with van der Waals surface area (Å²) >= 11 is 6.10. The summed E-state index contributed by atoms with van der Waals surface area (Å²) < 4.78 is 1.68. The topological polar surface area (TPSA) is 86.3 Å². The average molecular weight is 497 g/mol. The van der Waals surface area contributed by atoms with E-state index in [9.17, 15) is 9.59 Å². The molecule has 0 bridgehead atoms. The molecule has 2 aromatic heterocycles. The first-order valence-electron chi connectivity index (χ1n) is 12.4. The van der Waals surface area contributed by atoms with E-state index in [1.807, 2.05) is 11.0 Å². The van der Waals surface area contributed by atoms with E-state index in [1.54, 1.807) is 48.4 Å². The second-order valence-electron chi connectivity index (χ2n) is 10.2. The number of fused-ring (bicyclic) bond motifs is 1. The molecule has 35 heavy (non-hydrogen) atoms. The number of carbonyl (C=O) groups excluding carboxylic acids is 2. The summed E-state index contributed by atoms with van der Waals surface area (Å²) in [5.74, 6) is 0.937. The first-order chi connectivity index (χ1) is 16.8. The predicted molar refractivity (Wildman–Crippen MR) is 136 cm³/mol. The summed E-state index contributed by atoms with van der Waals surface area (Å²) in [6.45, 7) is 5.49. The summed E-state index contributed by atoms with van der Waals surface area (Å²) in [6, 6.07) is 7.17. The van der Waals surface area contributed by atoms with Crippen LogP contribution in [0.25, 0.3) is 10.9 Å². The number of likely N-dealkylation sites (tertiary alicyclic amines) is 2.